The summed E-state index contributed by atoms with van der Waals surface area (Å²) in [6, 6.07) is 19.3. The summed E-state index contributed by atoms with van der Waals surface area (Å²) in [4.78, 5) is 16.7. The van der Waals surface area contributed by atoms with E-state index >= 15 is 0 Å². The fourth-order valence-electron chi connectivity index (χ4n) is 3.63. The van der Waals surface area contributed by atoms with Gasteiger partial charge in [0.2, 0.25) is 0 Å². The lowest BCUT2D eigenvalue weighted by Gasteiger charge is -2.13. The number of fused-ring (bicyclic) bond motifs is 1. The smallest absolute Gasteiger partial charge is 0.148 e. The summed E-state index contributed by atoms with van der Waals surface area (Å²) in [5.41, 5.74) is 4.23. The molecule has 0 unspecified atom stereocenters. The van der Waals surface area contributed by atoms with Gasteiger partial charge in [0.25, 0.3) is 0 Å². The molecule has 7 nitrogen and oxygen atoms in total. The second-order valence-corrected chi connectivity index (χ2v) is 7.69. The standard InChI is InChI=1S/C25H20ClN5O2/c1-32-17-11-19-23(22(12-17)33-2)28-14-29-25(19)30-16-8-9-20(26)18(10-16)24-27-13-21(31-24)15-6-4-3-5-7-15/h3-14H,1-2H3,(H,27,31)(H,28,29,30). The van der Waals surface area contributed by atoms with Crippen molar-refractivity contribution in [2.24, 2.45) is 0 Å². The van der Waals surface area contributed by atoms with Crippen LogP contribution < -0.4 is 14.8 Å². The predicted octanol–water partition coefficient (Wildman–Crippen LogP) is 6.10. The number of aromatic amines is 1. The van der Waals surface area contributed by atoms with E-state index in [-0.39, 0.29) is 0 Å². The molecule has 164 valence electrons. The van der Waals surface area contributed by atoms with Gasteiger partial charge in [0, 0.05) is 17.3 Å². The molecular weight excluding hydrogens is 438 g/mol. The molecule has 2 N–H and O–H groups in total. The van der Waals surface area contributed by atoms with E-state index < -0.39 is 0 Å². The number of H-pyrrole nitrogens is 1. The second-order valence-electron chi connectivity index (χ2n) is 7.28. The normalized spacial score (nSPS) is 10.9. The largest absolute Gasteiger partial charge is 0.497 e. The van der Waals surface area contributed by atoms with Gasteiger partial charge in [0.05, 0.1) is 36.5 Å². The third-order valence-corrected chi connectivity index (χ3v) is 5.61. The van der Waals surface area contributed by atoms with Crippen molar-refractivity contribution >= 4 is 34.0 Å². The number of aromatic nitrogens is 4. The van der Waals surface area contributed by atoms with Gasteiger partial charge in [-0.3, -0.25) is 0 Å². The molecule has 0 aliphatic rings. The van der Waals surface area contributed by atoms with E-state index in [9.17, 15) is 0 Å². The van der Waals surface area contributed by atoms with Crippen LogP contribution in [0.25, 0.3) is 33.5 Å². The Morgan fingerprint density at radius 1 is 0.909 bits per heavy atom. The van der Waals surface area contributed by atoms with Crippen molar-refractivity contribution < 1.29 is 9.47 Å². The number of imidazole rings is 1. The first-order chi connectivity index (χ1) is 16.2. The molecule has 0 aliphatic heterocycles. The Morgan fingerprint density at radius 3 is 2.55 bits per heavy atom. The lowest BCUT2D eigenvalue weighted by Crippen LogP contribution is -1.99. The quantitative estimate of drug-likeness (QED) is 0.320. The van der Waals surface area contributed by atoms with Crippen molar-refractivity contribution in [1.29, 1.82) is 0 Å². The minimum atomic E-state index is 0.588. The molecule has 3 aromatic carbocycles. The number of hydrogen-bond donors (Lipinski definition) is 2. The van der Waals surface area contributed by atoms with Crippen molar-refractivity contribution in [2.45, 2.75) is 0 Å². The van der Waals surface area contributed by atoms with Gasteiger partial charge in [-0.25, -0.2) is 15.0 Å². The number of methoxy groups -OCH3 is 2. The first kappa shape index (κ1) is 20.8. The van der Waals surface area contributed by atoms with Crippen LogP contribution in [0.2, 0.25) is 5.02 Å². The third kappa shape index (κ3) is 4.06. The van der Waals surface area contributed by atoms with Crippen molar-refractivity contribution in [3.63, 3.8) is 0 Å². The zero-order valence-electron chi connectivity index (χ0n) is 18.0. The van der Waals surface area contributed by atoms with Crippen LogP contribution in [0, 0.1) is 0 Å². The highest BCUT2D eigenvalue weighted by Gasteiger charge is 2.14. The molecule has 5 aromatic rings. The molecule has 0 bridgehead atoms. The topological polar surface area (TPSA) is 84.9 Å². The summed E-state index contributed by atoms with van der Waals surface area (Å²) >= 11 is 6.52. The van der Waals surface area contributed by atoms with Gasteiger partial charge < -0.3 is 19.8 Å². The fraction of sp³-hybridized carbons (Fsp3) is 0.0800. The average Bonchev–Trinajstić information content (AvgIpc) is 3.35. The molecule has 0 saturated heterocycles. The third-order valence-electron chi connectivity index (χ3n) is 5.28. The van der Waals surface area contributed by atoms with Crippen LogP contribution >= 0.6 is 11.6 Å². The fourth-order valence-corrected chi connectivity index (χ4v) is 3.83. The minimum Gasteiger partial charge on any atom is -0.497 e. The first-order valence-electron chi connectivity index (χ1n) is 10.2. The molecule has 5 rings (SSSR count). The van der Waals surface area contributed by atoms with Gasteiger partial charge in [0.15, 0.2) is 0 Å². The number of ether oxygens (including phenoxy) is 2. The maximum atomic E-state index is 6.52. The van der Waals surface area contributed by atoms with Gasteiger partial charge in [0.1, 0.15) is 35.0 Å². The number of hydrogen-bond acceptors (Lipinski definition) is 6. The summed E-state index contributed by atoms with van der Waals surface area (Å²) in [7, 11) is 3.21. The molecule has 2 heterocycles. The van der Waals surface area contributed by atoms with Crippen LogP contribution in [-0.2, 0) is 0 Å². The summed E-state index contributed by atoms with van der Waals surface area (Å²) in [6.07, 6.45) is 3.30. The number of halogens is 1. The molecule has 0 aliphatic carbocycles. The zero-order valence-corrected chi connectivity index (χ0v) is 18.7. The lowest BCUT2D eigenvalue weighted by atomic mass is 10.1. The van der Waals surface area contributed by atoms with Crippen molar-refractivity contribution in [1.82, 2.24) is 19.9 Å². The van der Waals surface area contributed by atoms with Crippen LogP contribution in [0.1, 0.15) is 0 Å². The molecule has 2 aromatic heterocycles. The van der Waals surface area contributed by atoms with Gasteiger partial charge in [-0.2, -0.15) is 0 Å². The summed E-state index contributed by atoms with van der Waals surface area (Å²) < 4.78 is 10.9. The Bertz CT molecular complexity index is 1440. The van der Waals surface area contributed by atoms with Gasteiger partial charge in [-0.15, -0.1) is 0 Å². The maximum absolute atomic E-state index is 6.52. The van der Waals surface area contributed by atoms with E-state index in [0.29, 0.717) is 33.7 Å². The van der Waals surface area contributed by atoms with Gasteiger partial charge >= 0.3 is 0 Å². The number of nitrogens with one attached hydrogen (secondary N) is 2. The Balaban J connectivity index is 1.52. The van der Waals surface area contributed by atoms with Gasteiger partial charge in [-0.05, 0) is 29.8 Å². The van der Waals surface area contributed by atoms with Crippen molar-refractivity contribution in [3.05, 3.63) is 78.2 Å². The predicted molar refractivity (Wildman–Crippen MR) is 130 cm³/mol. The summed E-state index contributed by atoms with van der Waals surface area (Å²) in [5.74, 6) is 2.56. The summed E-state index contributed by atoms with van der Waals surface area (Å²) in [5, 5.41) is 4.72. The molecule has 33 heavy (non-hydrogen) atoms. The molecule has 0 amide bonds. The molecular formula is C25H20ClN5O2. The number of benzene rings is 3. The SMILES string of the molecule is COc1cc(OC)c2ncnc(Nc3ccc(Cl)c(-c4ncc(-c5ccccc5)[nH]4)c3)c2c1. The zero-order chi connectivity index (χ0) is 22.8. The number of anilines is 2. The van der Waals surface area contributed by atoms with E-state index in [1.807, 2.05) is 54.6 Å². The van der Waals surface area contributed by atoms with Crippen molar-refractivity contribution in [3.8, 4) is 34.1 Å². The molecule has 0 spiro atoms. The highest BCUT2D eigenvalue weighted by Crippen LogP contribution is 2.35. The first-order valence-corrected chi connectivity index (χ1v) is 10.6. The van der Waals surface area contributed by atoms with E-state index in [0.717, 1.165) is 27.9 Å². The van der Waals surface area contributed by atoms with Gasteiger partial charge in [-0.1, -0.05) is 41.9 Å². The highest BCUT2D eigenvalue weighted by molar-refractivity contribution is 6.33. The van der Waals surface area contributed by atoms with Crippen LogP contribution in [0.5, 0.6) is 11.5 Å². The van der Waals surface area contributed by atoms with Crippen LogP contribution in [0.4, 0.5) is 11.5 Å². The second kappa shape index (κ2) is 8.80. The monoisotopic (exact) mass is 457 g/mol. The Labute approximate surface area is 195 Å². The molecule has 0 radical (unpaired) electrons. The number of nitrogens with zero attached hydrogens (tertiary/aromatic N) is 3. The van der Waals surface area contributed by atoms with Crippen LogP contribution in [-0.4, -0.2) is 34.2 Å². The van der Waals surface area contributed by atoms with E-state index in [4.69, 9.17) is 21.1 Å². The number of rotatable bonds is 6. The Kier molecular flexibility index (Phi) is 5.54. The molecule has 0 fully saturated rings. The van der Waals surface area contributed by atoms with E-state index in [1.165, 1.54) is 6.33 Å². The van der Waals surface area contributed by atoms with Crippen molar-refractivity contribution in [2.75, 3.05) is 19.5 Å². The minimum absolute atomic E-state index is 0.588. The molecule has 0 saturated carbocycles. The van der Waals surface area contributed by atoms with Crippen LogP contribution in [0.15, 0.2) is 73.2 Å². The average molecular weight is 458 g/mol. The Morgan fingerprint density at radius 2 is 1.76 bits per heavy atom. The van der Waals surface area contributed by atoms with E-state index in [2.05, 4.69) is 25.3 Å². The highest BCUT2D eigenvalue weighted by atomic mass is 35.5. The Hall–Kier alpha value is -4.10. The summed E-state index contributed by atoms with van der Waals surface area (Å²) in [6.45, 7) is 0. The molecule has 0 atom stereocenters. The lowest BCUT2D eigenvalue weighted by molar-refractivity contribution is 0.397. The molecule has 8 heteroatoms. The van der Waals surface area contributed by atoms with E-state index in [1.54, 1.807) is 26.5 Å². The maximum Gasteiger partial charge on any atom is 0.148 e. The van der Waals surface area contributed by atoms with Crippen LogP contribution in [0.3, 0.4) is 0 Å².